The van der Waals surface area contributed by atoms with Crippen molar-refractivity contribution in [3.8, 4) is 28.7 Å². The van der Waals surface area contributed by atoms with E-state index >= 15 is 0 Å². The first-order chi connectivity index (χ1) is 16.5. The van der Waals surface area contributed by atoms with Crippen molar-refractivity contribution < 1.29 is 28.5 Å². The summed E-state index contributed by atoms with van der Waals surface area (Å²) in [5.74, 6) is 1.41. The molecular formula is C25H25N3O6. The summed E-state index contributed by atoms with van der Waals surface area (Å²) in [6.07, 6.45) is 1.48. The van der Waals surface area contributed by atoms with Crippen molar-refractivity contribution in [2.45, 2.75) is 0 Å². The standard InChI is InChI=1S/C25H25N3O6/c1-31-21-13-18(14-22(32-2)24(21)33-3)25(30)26-16-23(29)28-27-15-17-8-7-11-20(12-17)34-19-9-5-4-6-10-19/h4-15H,16H2,1-3H3,(H,26,30)(H,28,29)/b27-15+. The van der Waals surface area contributed by atoms with E-state index in [-0.39, 0.29) is 12.1 Å². The van der Waals surface area contributed by atoms with Gasteiger partial charge >= 0.3 is 0 Å². The first-order valence-electron chi connectivity index (χ1n) is 10.3. The summed E-state index contributed by atoms with van der Waals surface area (Å²) in [5, 5.41) is 6.46. The highest BCUT2D eigenvalue weighted by Gasteiger charge is 2.17. The van der Waals surface area contributed by atoms with E-state index in [9.17, 15) is 9.59 Å². The molecule has 2 amide bonds. The summed E-state index contributed by atoms with van der Waals surface area (Å²) in [4.78, 5) is 24.6. The fourth-order valence-corrected chi connectivity index (χ4v) is 2.98. The Labute approximate surface area is 197 Å². The molecule has 3 aromatic carbocycles. The van der Waals surface area contributed by atoms with E-state index in [4.69, 9.17) is 18.9 Å². The zero-order valence-electron chi connectivity index (χ0n) is 19.0. The third-order valence-electron chi connectivity index (χ3n) is 4.58. The minimum absolute atomic E-state index is 0.251. The SMILES string of the molecule is COc1cc(C(=O)NCC(=O)N/N=C/c2cccc(Oc3ccccc3)c2)cc(OC)c1OC. The molecule has 176 valence electrons. The van der Waals surface area contributed by atoms with Gasteiger partial charge in [-0.3, -0.25) is 9.59 Å². The summed E-state index contributed by atoms with van der Waals surface area (Å²) in [5.41, 5.74) is 3.36. The first-order valence-corrected chi connectivity index (χ1v) is 10.3. The van der Waals surface area contributed by atoms with Gasteiger partial charge < -0.3 is 24.3 Å². The van der Waals surface area contributed by atoms with Crippen LogP contribution in [-0.4, -0.2) is 45.9 Å². The van der Waals surface area contributed by atoms with Crippen molar-refractivity contribution >= 4 is 18.0 Å². The molecule has 0 saturated heterocycles. The maximum atomic E-state index is 12.5. The quantitative estimate of drug-likeness (QED) is 0.353. The molecule has 3 aromatic rings. The number of amides is 2. The molecule has 34 heavy (non-hydrogen) atoms. The summed E-state index contributed by atoms with van der Waals surface area (Å²) in [7, 11) is 4.37. The largest absolute Gasteiger partial charge is 0.493 e. The van der Waals surface area contributed by atoms with E-state index in [0.29, 0.717) is 28.7 Å². The second kappa shape index (κ2) is 11.9. The number of benzene rings is 3. The minimum Gasteiger partial charge on any atom is -0.493 e. The molecule has 0 bridgehead atoms. The Morgan fingerprint density at radius 3 is 2.18 bits per heavy atom. The molecule has 0 unspecified atom stereocenters. The number of nitrogens with one attached hydrogen (secondary N) is 2. The monoisotopic (exact) mass is 463 g/mol. The van der Waals surface area contributed by atoms with Crippen LogP contribution in [0, 0.1) is 0 Å². The van der Waals surface area contributed by atoms with E-state index in [1.54, 1.807) is 6.07 Å². The van der Waals surface area contributed by atoms with E-state index in [1.165, 1.54) is 39.7 Å². The van der Waals surface area contributed by atoms with Crippen LogP contribution in [0.3, 0.4) is 0 Å². The van der Waals surface area contributed by atoms with Crippen LogP contribution in [0.5, 0.6) is 28.7 Å². The van der Waals surface area contributed by atoms with Crippen LogP contribution < -0.4 is 29.7 Å². The zero-order chi connectivity index (χ0) is 24.3. The Morgan fingerprint density at radius 1 is 0.853 bits per heavy atom. The number of carbonyl (C=O) groups excluding carboxylic acids is 2. The van der Waals surface area contributed by atoms with Gasteiger partial charge in [0.15, 0.2) is 11.5 Å². The topological polar surface area (TPSA) is 107 Å². The maximum Gasteiger partial charge on any atom is 0.259 e. The molecule has 0 radical (unpaired) electrons. The third kappa shape index (κ3) is 6.49. The average Bonchev–Trinajstić information content (AvgIpc) is 2.87. The van der Waals surface area contributed by atoms with E-state index in [2.05, 4.69) is 15.8 Å². The molecule has 0 aliphatic carbocycles. The van der Waals surface area contributed by atoms with Gasteiger partial charge in [-0.15, -0.1) is 0 Å². The van der Waals surface area contributed by atoms with Crippen molar-refractivity contribution in [2.24, 2.45) is 5.10 Å². The second-order valence-corrected chi connectivity index (χ2v) is 6.88. The highest BCUT2D eigenvalue weighted by molar-refractivity contribution is 5.97. The van der Waals surface area contributed by atoms with Crippen molar-refractivity contribution in [3.05, 3.63) is 77.9 Å². The smallest absolute Gasteiger partial charge is 0.259 e. The van der Waals surface area contributed by atoms with E-state index < -0.39 is 11.8 Å². The Kier molecular flexibility index (Phi) is 8.45. The van der Waals surface area contributed by atoms with Crippen LogP contribution in [0.4, 0.5) is 0 Å². The average molecular weight is 463 g/mol. The number of hydrogen-bond donors (Lipinski definition) is 2. The molecule has 0 fully saturated rings. The predicted octanol–water partition coefficient (Wildman–Crippen LogP) is 3.38. The number of para-hydroxylation sites is 1. The van der Waals surface area contributed by atoms with Gasteiger partial charge in [0.2, 0.25) is 5.75 Å². The normalized spacial score (nSPS) is 10.4. The van der Waals surface area contributed by atoms with Crippen molar-refractivity contribution in [3.63, 3.8) is 0 Å². The summed E-state index contributed by atoms with van der Waals surface area (Å²) in [6, 6.07) is 19.6. The molecule has 0 spiro atoms. The fraction of sp³-hybridized carbons (Fsp3) is 0.160. The number of carbonyl (C=O) groups is 2. The Bertz CT molecular complexity index is 1140. The molecule has 0 saturated carbocycles. The highest BCUT2D eigenvalue weighted by Crippen LogP contribution is 2.38. The number of hydrazone groups is 1. The lowest BCUT2D eigenvalue weighted by molar-refractivity contribution is -0.120. The van der Waals surface area contributed by atoms with Gasteiger partial charge in [-0.05, 0) is 42.0 Å². The molecule has 0 atom stereocenters. The van der Waals surface area contributed by atoms with E-state index in [1.807, 2.05) is 48.5 Å². The van der Waals surface area contributed by atoms with Crippen LogP contribution >= 0.6 is 0 Å². The molecule has 0 aliphatic rings. The first kappa shape index (κ1) is 24.1. The molecule has 0 aromatic heterocycles. The number of rotatable bonds is 10. The van der Waals surface area contributed by atoms with Crippen LogP contribution in [-0.2, 0) is 4.79 Å². The molecule has 0 aliphatic heterocycles. The fourth-order valence-electron chi connectivity index (χ4n) is 2.98. The highest BCUT2D eigenvalue weighted by atomic mass is 16.5. The van der Waals surface area contributed by atoms with Crippen molar-refractivity contribution in [1.82, 2.24) is 10.7 Å². The summed E-state index contributed by atoms with van der Waals surface area (Å²) < 4.78 is 21.5. The number of methoxy groups -OCH3 is 3. The maximum absolute atomic E-state index is 12.5. The molecule has 3 rings (SSSR count). The zero-order valence-corrected chi connectivity index (χ0v) is 19.0. The van der Waals surface area contributed by atoms with E-state index in [0.717, 1.165) is 5.56 Å². The Morgan fingerprint density at radius 2 is 1.53 bits per heavy atom. The van der Waals surface area contributed by atoms with Crippen LogP contribution in [0.25, 0.3) is 0 Å². The number of nitrogens with zero attached hydrogens (tertiary/aromatic N) is 1. The van der Waals surface area contributed by atoms with Gasteiger partial charge in [-0.1, -0.05) is 30.3 Å². The van der Waals surface area contributed by atoms with Gasteiger partial charge in [0.1, 0.15) is 11.5 Å². The van der Waals surface area contributed by atoms with Gasteiger partial charge in [-0.2, -0.15) is 5.10 Å². The van der Waals surface area contributed by atoms with Crippen LogP contribution in [0.1, 0.15) is 15.9 Å². The third-order valence-corrected chi connectivity index (χ3v) is 4.58. The lowest BCUT2D eigenvalue weighted by Gasteiger charge is -2.14. The lowest BCUT2D eigenvalue weighted by atomic mass is 10.1. The summed E-state index contributed by atoms with van der Waals surface area (Å²) >= 11 is 0. The molecular weight excluding hydrogens is 438 g/mol. The molecule has 9 nitrogen and oxygen atoms in total. The second-order valence-electron chi connectivity index (χ2n) is 6.88. The molecule has 9 heteroatoms. The predicted molar refractivity (Wildman–Crippen MR) is 127 cm³/mol. The Hall–Kier alpha value is -4.53. The minimum atomic E-state index is -0.492. The summed E-state index contributed by atoms with van der Waals surface area (Å²) in [6.45, 7) is -0.274. The van der Waals surface area contributed by atoms with Gasteiger partial charge in [0, 0.05) is 5.56 Å². The molecule has 0 heterocycles. The number of ether oxygens (including phenoxy) is 4. The van der Waals surface area contributed by atoms with Gasteiger partial charge in [0.05, 0.1) is 34.1 Å². The van der Waals surface area contributed by atoms with Gasteiger partial charge in [0.25, 0.3) is 11.8 Å². The van der Waals surface area contributed by atoms with Gasteiger partial charge in [-0.25, -0.2) is 5.43 Å². The Balaban J connectivity index is 1.54. The van der Waals surface area contributed by atoms with Crippen LogP contribution in [0.15, 0.2) is 71.8 Å². The number of hydrogen-bond acceptors (Lipinski definition) is 7. The lowest BCUT2D eigenvalue weighted by Crippen LogP contribution is -2.34. The van der Waals surface area contributed by atoms with Crippen LogP contribution in [0.2, 0.25) is 0 Å². The van der Waals surface area contributed by atoms with Crippen molar-refractivity contribution in [2.75, 3.05) is 27.9 Å². The molecule has 2 N–H and O–H groups in total. The van der Waals surface area contributed by atoms with Crippen molar-refractivity contribution in [1.29, 1.82) is 0 Å².